The second-order valence-electron chi connectivity index (χ2n) is 7.89. The fraction of sp³-hybridized carbons (Fsp3) is 0.682. The predicted octanol–water partition coefficient (Wildman–Crippen LogP) is 4.09. The Morgan fingerprint density at radius 1 is 1.17 bits per heavy atom. The zero-order chi connectivity index (χ0) is 19.8. The molecule has 1 saturated heterocycles. The number of likely N-dealkylation sites (tertiary alicyclic amines) is 1. The number of piperidine rings is 1. The Balaban J connectivity index is 0.00000300. The number of hydrogen-bond donors (Lipinski definition) is 2. The van der Waals surface area contributed by atoms with Crippen molar-refractivity contribution < 1.29 is 9.13 Å². The Hall–Kier alpha value is -0.930. The minimum Gasteiger partial charge on any atom is -0.375 e. The van der Waals surface area contributed by atoms with Crippen molar-refractivity contribution in [1.82, 2.24) is 15.5 Å². The van der Waals surface area contributed by atoms with Crippen LogP contribution in [-0.2, 0) is 4.74 Å². The summed E-state index contributed by atoms with van der Waals surface area (Å²) in [6.45, 7) is 5.75. The lowest BCUT2D eigenvalue weighted by atomic mass is 10.0. The molecule has 5 nitrogen and oxygen atoms in total. The zero-order valence-electron chi connectivity index (χ0n) is 17.7. The molecule has 0 radical (unpaired) electrons. The molecule has 2 aliphatic rings. The molecule has 1 saturated carbocycles. The fourth-order valence-electron chi connectivity index (χ4n) is 4.36. The van der Waals surface area contributed by atoms with Crippen molar-refractivity contribution >= 4 is 29.9 Å². The molecule has 1 aromatic carbocycles. The Bertz CT molecular complexity index is 614. The van der Waals surface area contributed by atoms with Gasteiger partial charge in [0, 0.05) is 38.8 Å². The van der Waals surface area contributed by atoms with Crippen LogP contribution in [0.4, 0.5) is 4.39 Å². The number of rotatable bonds is 7. The third kappa shape index (κ3) is 7.36. The topological polar surface area (TPSA) is 48.9 Å². The molecule has 7 heteroatoms. The van der Waals surface area contributed by atoms with Gasteiger partial charge in [-0.05, 0) is 50.3 Å². The van der Waals surface area contributed by atoms with Gasteiger partial charge in [-0.3, -0.25) is 4.99 Å². The molecule has 1 aromatic rings. The van der Waals surface area contributed by atoms with E-state index in [0.717, 1.165) is 37.0 Å². The van der Waals surface area contributed by atoms with Gasteiger partial charge in [-0.2, -0.15) is 0 Å². The molecule has 1 atom stereocenters. The van der Waals surface area contributed by atoms with E-state index in [1.807, 2.05) is 0 Å². The summed E-state index contributed by atoms with van der Waals surface area (Å²) in [5, 5.41) is 6.95. The van der Waals surface area contributed by atoms with E-state index in [2.05, 4.69) is 22.5 Å². The molecule has 0 amide bonds. The molecule has 1 aliphatic carbocycles. The Morgan fingerprint density at radius 3 is 2.41 bits per heavy atom. The Labute approximate surface area is 191 Å². The monoisotopic (exact) mass is 518 g/mol. The maximum Gasteiger partial charge on any atom is 0.191 e. The van der Waals surface area contributed by atoms with Crippen molar-refractivity contribution in [3.8, 4) is 0 Å². The quantitative estimate of drug-likeness (QED) is 0.325. The summed E-state index contributed by atoms with van der Waals surface area (Å²) in [6, 6.07) is 7.73. The molecule has 29 heavy (non-hydrogen) atoms. The van der Waals surface area contributed by atoms with Crippen LogP contribution in [0.5, 0.6) is 0 Å². The Kier molecular flexibility index (Phi) is 10.7. The lowest BCUT2D eigenvalue weighted by molar-refractivity contribution is 0.110. The second kappa shape index (κ2) is 12.7. The van der Waals surface area contributed by atoms with Crippen molar-refractivity contribution in [3.63, 3.8) is 0 Å². The molecule has 164 valence electrons. The van der Waals surface area contributed by atoms with Crippen LogP contribution in [0.3, 0.4) is 0 Å². The summed E-state index contributed by atoms with van der Waals surface area (Å²) in [7, 11) is 1.67. The molecule has 3 rings (SSSR count). The van der Waals surface area contributed by atoms with E-state index in [9.17, 15) is 4.39 Å². The normalized spacial score (nSPS) is 20.3. The molecule has 2 fully saturated rings. The number of halogens is 2. The third-order valence-electron chi connectivity index (χ3n) is 6.00. The number of hydrogen-bond acceptors (Lipinski definition) is 3. The highest BCUT2D eigenvalue weighted by atomic mass is 127. The van der Waals surface area contributed by atoms with Gasteiger partial charge in [0.25, 0.3) is 0 Å². The van der Waals surface area contributed by atoms with Crippen LogP contribution in [-0.4, -0.2) is 56.2 Å². The van der Waals surface area contributed by atoms with Gasteiger partial charge in [-0.15, -0.1) is 24.0 Å². The summed E-state index contributed by atoms with van der Waals surface area (Å²) in [6.07, 6.45) is 7.69. The largest absolute Gasteiger partial charge is 0.375 e. The van der Waals surface area contributed by atoms with E-state index >= 15 is 0 Å². The highest BCUT2D eigenvalue weighted by molar-refractivity contribution is 14.0. The van der Waals surface area contributed by atoms with Crippen molar-refractivity contribution in [2.24, 2.45) is 4.99 Å². The molecule has 0 aromatic heterocycles. The van der Waals surface area contributed by atoms with Crippen LogP contribution < -0.4 is 10.6 Å². The van der Waals surface area contributed by atoms with Crippen molar-refractivity contribution in [2.45, 2.75) is 63.6 Å². The van der Waals surface area contributed by atoms with Crippen LogP contribution in [0, 0.1) is 5.82 Å². The molecule has 2 N–H and O–H groups in total. The molecular weight excluding hydrogens is 482 g/mol. The zero-order valence-corrected chi connectivity index (χ0v) is 20.0. The summed E-state index contributed by atoms with van der Waals surface area (Å²) in [5.74, 6) is 0.604. The van der Waals surface area contributed by atoms with Gasteiger partial charge >= 0.3 is 0 Å². The van der Waals surface area contributed by atoms with Gasteiger partial charge in [0.1, 0.15) is 11.9 Å². The molecule has 0 bridgehead atoms. The van der Waals surface area contributed by atoms with E-state index in [0.29, 0.717) is 12.6 Å². The van der Waals surface area contributed by atoms with Crippen molar-refractivity contribution in [1.29, 1.82) is 0 Å². The standard InChI is InChI=1S/C22H35FN4O.HI/c1-3-24-22(25-16-21(28-2)17-8-10-18(23)11-9-17)26-19-12-14-27(15-13-19)20-6-4-5-7-20;/h8-11,19-21H,3-7,12-16H2,1-2H3,(H2,24,25,26);1H. The average molecular weight is 518 g/mol. The second-order valence-corrected chi connectivity index (χ2v) is 7.89. The van der Waals surface area contributed by atoms with Gasteiger partial charge in [-0.1, -0.05) is 25.0 Å². The van der Waals surface area contributed by atoms with Crippen LogP contribution in [0.2, 0.25) is 0 Å². The molecule has 1 heterocycles. The van der Waals surface area contributed by atoms with E-state index in [1.54, 1.807) is 19.2 Å². The predicted molar refractivity (Wildman–Crippen MR) is 128 cm³/mol. The van der Waals surface area contributed by atoms with Gasteiger partial charge in [0.05, 0.1) is 6.54 Å². The van der Waals surface area contributed by atoms with Crippen molar-refractivity contribution in [2.75, 3.05) is 33.3 Å². The highest BCUT2D eigenvalue weighted by Crippen LogP contribution is 2.26. The minimum atomic E-state index is -0.235. The number of benzene rings is 1. The first kappa shape index (κ1) is 24.3. The average Bonchev–Trinajstić information content (AvgIpc) is 3.25. The van der Waals surface area contributed by atoms with Crippen LogP contribution in [0.15, 0.2) is 29.3 Å². The van der Waals surface area contributed by atoms with Crippen molar-refractivity contribution in [3.05, 3.63) is 35.6 Å². The first-order valence-corrected chi connectivity index (χ1v) is 10.8. The van der Waals surface area contributed by atoms with Gasteiger partial charge in [0.2, 0.25) is 0 Å². The number of guanidine groups is 1. The smallest absolute Gasteiger partial charge is 0.191 e. The molecular formula is C22H36FIN4O. The highest BCUT2D eigenvalue weighted by Gasteiger charge is 2.27. The van der Waals surface area contributed by atoms with Crippen LogP contribution >= 0.6 is 24.0 Å². The maximum atomic E-state index is 13.2. The lowest BCUT2D eigenvalue weighted by Gasteiger charge is -2.36. The van der Waals surface area contributed by atoms with Crippen LogP contribution in [0.25, 0.3) is 0 Å². The van der Waals surface area contributed by atoms with Gasteiger partial charge < -0.3 is 20.3 Å². The summed E-state index contributed by atoms with van der Waals surface area (Å²) >= 11 is 0. The summed E-state index contributed by atoms with van der Waals surface area (Å²) in [5.41, 5.74) is 0.938. The van der Waals surface area contributed by atoms with Crippen LogP contribution in [0.1, 0.15) is 57.1 Å². The maximum absolute atomic E-state index is 13.2. The van der Waals surface area contributed by atoms with E-state index in [1.165, 1.54) is 50.9 Å². The number of aliphatic imine (C=N–C) groups is 1. The van der Waals surface area contributed by atoms with E-state index in [-0.39, 0.29) is 35.9 Å². The van der Waals surface area contributed by atoms with E-state index in [4.69, 9.17) is 9.73 Å². The number of nitrogens with one attached hydrogen (secondary N) is 2. The molecule has 1 aliphatic heterocycles. The summed E-state index contributed by atoms with van der Waals surface area (Å²) in [4.78, 5) is 7.42. The SMILES string of the molecule is CCNC(=NCC(OC)c1ccc(F)cc1)NC1CCN(C2CCCC2)CC1.I. The first-order chi connectivity index (χ1) is 13.7. The molecule has 0 spiro atoms. The fourth-order valence-corrected chi connectivity index (χ4v) is 4.36. The first-order valence-electron chi connectivity index (χ1n) is 10.8. The number of nitrogens with zero attached hydrogens (tertiary/aromatic N) is 2. The lowest BCUT2D eigenvalue weighted by Crippen LogP contribution is -2.50. The summed E-state index contributed by atoms with van der Waals surface area (Å²) < 4.78 is 18.7. The van der Waals surface area contributed by atoms with E-state index < -0.39 is 0 Å². The minimum absolute atomic E-state index is 0. The third-order valence-corrected chi connectivity index (χ3v) is 6.00. The number of ether oxygens (including phenoxy) is 1. The van der Waals surface area contributed by atoms with Gasteiger partial charge in [-0.25, -0.2) is 4.39 Å². The number of methoxy groups -OCH3 is 1. The Morgan fingerprint density at radius 2 is 1.83 bits per heavy atom. The molecule has 1 unspecified atom stereocenters. The van der Waals surface area contributed by atoms with Gasteiger partial charge in [0.15, 0.2) is 5.96 Å².